The molecule has 0 saturated carbocycles. The first-order valence-electron chi connectivity index (χ1n) is 5.64. The molecule has 1 aromatic heterocycles. The zero-order chi connectivity index (χ0) is 13.1. The highest BCUT2D eigenvalue weighted by Gasteiger charge is 2.13. The zero-order valence-electron chi connectivity index (χ0n) is 10.4. The molecule has 1 amide bonds. The summed E-state index contributed by atoms with van der Waals surface area (Å²) < 4.78 is 4.96. The summed E-state index contributed by atoms with van der Waals surface area (Å²) in [5.74, 6) is 0.114. The van der Waals surface area contributed by atoms with Crippen molar-refractivity contribution in [1.29, 1.82) is 0 Å². The SMILES string of the molecule is Cc1cc(C(=O)N(C)Cc2ccoc2)ccc1O. The smallest absolute Gasteiger partial charge is 0.253 e. The van der Waals surface area contributed by atoms with Gasteiger partial charge < -0.3 is 14.4 Å². The van der Waals surface area contributed by atoms with Gasteiger partial charge in [-0.2, -0.15) is 0 Å². The fourth-order valence-electron chi connectivity index (χ4n) is 1.74. The van der Waals surface area contributed by atoms with E-state index in [4.69, 9.17) is 4.42 Å². The third-order valence-corrected chi connectivity index (χ3v) is 2.79. The molecule has 4 nitrogen and oxygen atoms in total. The molecule has 0 radical (unpaired) electrons. The number of hydrogen-bond donors (Lipinski definition) is 1. The van der Waals surface area contributed by atoms with Gasteiger partial charge in [-0.1, -0.05) is 0 Å². The van der Waals surface area contributed by atoms with Crippen LogP contribution in [0.1, 0.15) is 21.5 Å². The second-order valence-electron chi connectivity index (χ2n) is 4.29. The van der Waals surface area contributed by atoms with Crippen molar-refractivity contribution in [2.24, 2.45) is 0 Å². The number of benzene rings is 1. The largest absolute Gasteiger partial charge is 0.508 e. The molecule has 1 heterocycles. The molecular weight excluding hydrogens is 230 g/mol. The molecule has 0 bridgehead atoms. The quantitative estimate of drug-likeness (QED) is 0.904. The monoisotopic (exact) mass is 245 g/mol. The Morgan fingerprint density at radius 1 is 1.39 bits per heavy atom. The van der Waals surface area contributed by atoms with Gasteiger partial charge in [-0.25, -0.2) is 0 Å². The molecule has 0 aliphatic rings. The first-order chi connectivity index (χ1) is 8.58. The second kappa shape index (κ2) is 4.96. The summed E-state index contributed by atoms with van der Waals surface area (Å²) in [6.45, 7) is 2.26. The summed E-state index contributed by atoms with van der Waals surface area (Å²) in [5, 5.41) is 9.43. The highest BCUT2D eigenvalue weighted by molar-refractivity contribution is 5.94. The molecule has 0 fully saturated rings. The third kappa shape index (κ3) is 2.53. The highest BCUT2D eigenvalue weighted by atomic mass is 16.3. The van der Waals surface area contributed by atoms with Gasteiger partial charge in [-0.15, -0.1) is 0 Å². The minimum Gasteiger partial charge on any atom is -0.508 e. The summed E-state index contributed by atoms with van der Waals surface area (Å²) >= 11 is 0. The molecule has 0 atom stereocenters. The summed E-state index contributed by atoms with van der Waals surface area (Å²) in [7, 11) is 1.73. The van der Waals surface area contributed by atoms with Crippen LogP contribution >= 0.6 is 0 Å². The first kappa shape index (κ1) is 12.2. The number of aromatic hydroxyl groups is 1. The predicted molar refractivity (Wildman–Crippen MR) is 67.3 cm³/mol. The number of carbonyl (C=O) groups excluding carboxylic acids is 1. The molecule has 0 aliphatic heterocycles. The van der Waals surface area contributed by atoms with Crippen LogP contribution in [0.4, 0.5) is 0 Å². The maximum absolute atomic E-state index is 12.1. The van der Waals surface area contributed by atoms with Gasteiger partial charge in [0.1, 0.15) is 5.75 Å². The van der Waals surface area contributed by atoms with E-state index in [1.165, 1.54) is 6.07 Å². The molecule has 1 aromatic carbocycles. The topological polar surface area (TPSA) is 53.7 Å². The number of carbonyl (C=O) groups is 1. The van der Waals surface area contributed by atoms with Gasteiger partial charge in [0.25, 0.3) is 5.91 Å². The minimum atomic E-state index is -0.0840. The second-order valence-corrected chi connectivity index (χ2v) is 4.29. The Balaban J connectivity index is 2.12. The molecule has 2 rings (SSSR count). The van der Waals surface area contributed by atoms with E-state index in [0.717, 1.165) is 5.56 Å². The molecule has 0 saturated heterocycles. The Morgan fingerprint density at radius 3 is 2.78 bits per heavy atom. The van der Waals surface area contributed by atoms with Crippen molar-refractivity contribution in [3.05, 3.63) is 53.5 Å². The Bertz CT molecular complexity index is 546. The van der Waals surface area contributed by atoms with Crippen LogP contribution in [0.25, 0.3) is 0 Å². The van der Waals surface area contributed by atoms with Crippen LogP contribution in [0.5, 0.6) is 5.75 Å². The molecule has 18 heavy (non-hydrogen) atoms. The van der Waals surface area contributed by atoms with E-state index >= 15 is 0 Å². The van der Waals surface area contributed by atoms with Crippen molar-refractivity contribution in [2.45, 2.75) is 13.5 Å². The summed E-state index contributed by atoms with van der Waals surface area (Å²) in [4.78, 5) is 13.8. The molecule has 0 spiro atoms. The number of furan rings is 1. The van der Waals surface area contributed by atoms with Gasteiger partial charge in [0.15, 0.2) is 0 Å². The van der Waals surface area contributed by atoms with Crippen LogP contribution in [-0.2, 0) is 6.54 Å². The van der Waals surface area contributed by atoms with Crippen molar-refractivity contribution in [3.63, 3.8) is 0 Å². The highest BCUT2D eigenvalue weighted by Crippen LogP contribution is 2.18. The van der Waals surface area contributed by atoms with Crippen molar-refractivity contribution in [3.8, 4) is 5.75 Å². The fourth-order valence-corrected chi connectivity index (χ4v) is 1.74. The van der Waals surface area contributed by atoms with Crippen LogP contribution in [-0.4, -0.2) is 23.0 Å². The van der Waals surface area contributed by atoms with Crippen molar-refractivity contribution in [1.82, 2.24) is 4.90 Å². The molecule has 2 aromatic rings. The van der Waals surface area contributed by atoms with Crippen LogP contribution in [0.2, 0.25) is 0 Å². The third-order valence-electron chi connectivity index (χ3n) is 2.79. The number of phenolic OH excluding ortho intramolecular Hbond substituents is 1. The molecule has 1 N–H and O–H groups in total. The standard InChI is InChI=1S/C14H15NO3/c1-10-7-12(3-4-13(10)16)14(17)15(2)8-11-5-6-18-9-11/h3-7,9,16H,8H2,1-2H3. The Labute approximate surface area is 105 Å². The average molecular weight is 245 g/mol. The molecule has 94 valence electrons. The number of hydrogen-bond acceptors (Lipinski definition) is 3. The predicted octanol–water partition coefficient (Wildman–Crippen LogP) is 2.57. The Hall–Kier alpha value is -2.23. The van der Waals surface area contributed by atoms with Gasteiger partial charge >= 0.3 is 0 Å². The van der Waals surface area contributed by atoms with E-state index in [-0.39, 0.29) is 11.7 Å². The van der Waals surface area contributed by atoms with E-state index in [9.17, 15) is 9.90 Å². The van der Waals surface area contributed by atoms with E-state index in [0.29, 0.717) is 17.7 Å². The molecule has 4 heteroatoms. The van der Waals surface area contributed by atoms with Gasteiger partial charge in [-0.05, 0) is 36.8 Å². The molecule has 0 unspecified atom stereocenters. The number of amides is 1. The number of aryl methyl sites for hydroxylation is 1. The number of phenols is 1. The lowest BCUT2D eigenvalue weighted by Crippen LogP contribution is -2.26. The zero-order valence-corrected chi connectivity index (χ0v) is 10.4. The Morgan fingerprint density at radius 2 is 2.17 bits per heavy atom. The maximum atomic E-state index is 12.1. The normalized spacial score (nSPS) is 10.3. The van der Waals surface area contributed by atoms with E-state index in [1.807, 2.05) is 6.07 Å². The van der Waals surface area contributed by atoms with Gasteiger partial charge in [0.05, 0.1) is 12.5 Å². The van der Waals surface area contributed by atoms with Crippen LogP contribution in [0.3, 0.4) is 0 Å². The molecule has 0 aliphatic carbocycles. The Kier molecular flexibility index (Phi) is 3.37. The minimum absolute atomic E-state index is 0.0840. The van der Waals surface area contributed by atoms with E-state index in [2.05, 4.69) is 0 Å². The number of nitrogens with zero attached hydrogens (tertiary/aromatic N) is 1. The van der Waals surface area contributed by atoms with Crippen LogP contribution < -0.4 is 0 Å². The lowest BCUT2D eigenvalue weighted by Gasteiger charge is -2.16. The molecular formula is C14H15NO3. The summed E-state index contributed by atoms with van der Waals surface area (Å²) in [6.07, 6.45) is 3.20. The van der Waals surface area contributed by atoms with Gasteiger partial charge in [-0.3, -0.25) is 4.79 Å². The lowest BCUT2D eigenvalue weighted by atomic mass is 10.1. The number of rotatable bonds is 3. The summed E-state index contributed by atoms with van der Waals surface area (Å²) in [5.41, 5.74) is 2.20. The van der Waals surface area contributed by atoms with Crippen molar-refractivity contribution in [2.75, 3.05) is 7.05 Å². The lowest BCUT2D eigenvalue weighted by molar-refractivity contribution is 0.0785. The van der Waals surface area contributed by atoms with Crippen molar-refractivity contribution < 1.29 is 14.3 Å². The van der Waals surface area contributed by atoms with Crippen molar-refractivity contribution >= 4 is 5.91 Å². The van der Waals surface area contributed by atoms with Crippen LogP contribution in [0, 0.1) is 6.92 Å². The van der Waals surface area contributed by atoms with Gasteiger partial charge in [0.2, 0.25) is 0 Å². The first-order valence-corrected chi connectivity index (χ1v) is 5.64. The average Bonchev–Trinajstić information content (AvgIpc) is 2.84. The fraction of sp³-hybridized carbons (Fsp3) is 0.214. The van der Waals surface area contributed by atoms with E-state index < -0.39 is 0 Å². The van der Waals surface area contributed by atoms with Crippen LogP contribution in [0.15, 0.2) is 41.2 Å². The maximum Gasteiger partial charge on any atom is 0.253 e. The van der Waals surface area contributed by atoms with E-state index in [1.54, 1.807) is 43.5 Å². The van der Waals surface area contributed by atoms with Gasteiger partial charge in [0, 0.05) is 24.7 Å². The summed E-state index contributed by atoms with van der Waals surface area (Å²) in [6, 6.07) is 6.67.